The third kappa shape index (κ3) is 3.19. The van der Waals surface area contributed by atoms with Gasteiger partial charge < -0.3 is 15.1 Å². The predicted molar refractivity (Wildman–Crippen MR) is 65.5 cm³/mol. The molecule has 0 heterocycles. The number of alkyl halides is 1. The Bertz CT molecular complexity index is 300. The van der Waals surface area contributed by atoms with Crippen molar-refractivity contribution in [3.63, 3.8) is 0 Å². The van der Waals surface area contributed by atoms with Crippen molar-refractivity contribution >= 4 is 21.6 Å². The highest BCUT2D eigenvalue weighted by Crippen LogP contribution is 2.21. The molecule has 0 amide bonds. The molecule has 2 unspecified atom stereocenters. The van der Waals surface area contributed by atoms with Gasteiger partial charge in [-0.25, -0.2) is 0 Å². The molecule has 0 aliphatic rings. The second-order valence-corrected chi connectivity index (χ2v) is 4.30. The van der Waals surface area contributed by atoms with Crippen molar-refractivity contribution in [2.24, 2.45) is 0 Å². The minimum atomic E-state index is -0.833. The Morgan fingerprint density at radius 3 is 2.13 bits per heavy atom. The van der Waals surface area contributed by atoms with Crippen LogP contribution in [0.2, 0.25) is 0 Å². The maximum atomic E-state index is 9.72. The Labute approximate surface area is 98.5 Å². The summed E-state index contributed by atoms with van der Waals surface area (Å²) in [6.07, 6.45) is -1.60. The average molecular weight is 274 g/mol. The molecular formula is C11H16BrNO2. The van der Waals surface area contributed by atoms with E-state index in [1.807, 2.05) is 43.3 Å². The standard InChI is InChI=1S/C11H16BrNO2/c1-13(2)9-5-3-8(4-6-9)11(15)10(14)7-12/h3-6,10-11,14-15H,7H2,1-2H3. The zero-order valence-electron chi connectivity index (χ0n) is 8.89. The van der Waals surface area contributed by atoms with Crippen LogP contribution in [0.4, 0.5) is 5.69 Å². The number of nitrogens with zero attached hydrogens (tertiary/aromatic N) is 1. The lowest BCUT2D eigenvalue weighted by atomic mass is 10.1. The molecule has 0 spiro atoms. The zero-order chi connectivity index (χ0) is 11.4. The molecule has 0 aliphatic heterocycles. The maximum Gasteiger partial charge on any atom is 0.106 e. The Balaban J connectivity index is 2.79. The number of hydrogen-bond acceptors (Lipinski definition) is 3. The van der Waals surface area contributed by atoms with Gasteiger partial charge in [-0.1, -0.05) is 28.1 Å². The molecule has 2 N–H and O–H groups in total. The van der Waals surface area contributed by atoms with E-state index < -0.39 is 12.2 Å². The van der Waals surface area contributed by atoms with Crippen molar-refractivity contribution in [2.45, 2.75) is 12.2 Å². The van der Waals surface area contributed by atoms with Crippen LogP contribution in [0.15, 0.2) is 24.3 Å². The third-order valence-electron chi connectivity index (χ3n) is 2.27. The number of aliphatic hydroxyl groups excluding tert-OH is 2. The first-order valence-electron chi connectivity index (χ1n) is 4.75. The molecule has 2 atom stereocenters. The lowest BCUT2D eigenvalue weighted by Gasteiger charge is -2.17. The third-order valence-corrected chi connectivity index (χ3v) is 2.94. The Kier molecular flexibility index (Phi) is 4.57. The number of anilines is 1. The van der Waals surface area contributed by atoms with Gasteiger partial charge in [-0.15, -0.1) is 0 Å². The SMILES string of the molecule is CN(C)c1ccc(C(O)C(O)CBr)cc1. The zero-order valence-corrected chi connectivity index (χ0v) is 10.5. The first kappa shape index (κ1) is 12.5. The van der Waals surface area contributed by atoms with E-state index in [2.05, 4.69) is 15.9 Å². The van der Waals surface area contributed by atoms with Gasteiger partial charge >= 0.3 is 0 Å². The van der Waals surface area contributed by atoms with Crippen LogP contribution in [-0.2, 0) is 0 Å². The van der Waals surface area contributed by atoms with Crippen molar-refractivity contribution in [3.05, 3.63) is 29.8 Å². The Hall–Kier alpha value is -0.580. The highest BCUT2D eigenvalue weighted by molar-refractivity contribution is 9.09. The molecule has 0 saturated carbocycles. The molecule has 0 aromatic heterocycles. The largest absolute Gasteiger partial charge is 0.389 e. The molecule has 3 nitrogen and oxygen atoms in total. The van der Waals surface area contributed by atoms with Crippen LogP contribution in [0, 0.1) is 0 Å². The molecule has 1 aromatic carbocycles. The molecule has 4 heteroatoms. The molecular weight excluding hydrogens is 258 g/mol. The first-order chi connectivity index (χ1) is 7.06. The van der Waals surface area contributed by atoms with Gasteiger partial charge in [-0.3, -0.25) is 0 Å². The summed E-state index contributed by atoms with van der Waals surface area (Å²) in [6.45, 7) is 0. The molecule has 15 heavy (non-hydrogen) atoms. The summed E-state index contributed by atoms with van der Waals surface area (Å²) in [7, 11) is 3.91. The quantitative estimate of drug-likeness (QED) is 0.819. The molecule has 0 aliphatic carbocycles. The van der Waals surface area contributed by atoms with Crippen LogP contribution in [0.25, 0.3) is 0 Å². The average Bonchev–Trinajstić information content (AvgIpc) is 2.27. The van der Waals surface area contributed by atoms with Gasteiger partial charge in [0.05, 0.1) is 6.10 Å². The first-order valence-corrected chi connectivity index (χ1v) is 5.87. The van der Waals surface area contributed by atoms with Crippen LogP contribution in [0.1, 0.15) is 11.7 Å². The van der Waals surface area contributed by atoms with E-state index in [4.69, 9.17) is 0 Å². The summed E-state index contributed by atoms with van der Waals surface area (Å²) in [5.41, 5.74) is 1.80. The smallest absolute Gasteiger partial charge is 0.106 e. The molecule has 84 valence electrons. The van der Waals surface area contributed by atoms with Crippen molar-refractivity contribution in [3.8, 4) is 0 Å². The lowest BCUT2D eigenvalue weighted by molar-refractivity contribution is 0.0343. The topological polar surface area (TPSA) is 43.7 Å². The van der Waals surface area contributed by atoms with Crippen LogP contribution in [0.5, 0.6) is 0 Å². The van der Waals surface area contributed by atoms with Crippen LogP contribution >= 0.6 is 15.9 Å². The summed E-state index contributed by atoms with van der Waals surface area (Å²) < 4.78 is 0. The van der Waals surface area contributed by atoms with Gasteiger partial charge in [0.1, 0.15) is 6.10 Å². The second-order valence-electron chi connectivity index (χ2n) is 3.65. The number of halogens is 1. The molecule has 1 aromatic rings. The van der Waals surface area contributed by atoms with E-state index >= 15 is 0 Å². The normalized spacial score (nSPS) is 14.7. The van der Waals surface area contributed by atoms with Crippen molar-refractivity contribution in [2.75, 3.05) is 24.3 Å². The highest BCUT2D eigenvalue weighted by Gasteiger charge is 2.16. The Morgan fingerprint density at radius 2 is 1.73 bits per heavy atom. The Morgan fingerprint density at radius 1 is 1.20 bits per heavy atom. The van der Waals surface area contributed by atoms with Gasteiger partial charge in [-0.05, 0) is 17.7 Å². The molecule has 0 saturated heterocycles. The fourth-order valence-electron chi connectivity index (χ4n) is 1.28. The van der Waals surface area contributed by atoms with Gasteiger partial charge in [0, 0.05) is 25.1 Å². The highest BCUT2D eigenvalue weighted by atomic mass is 79.9. The fraction of sp³-hybridized carbons (Fsp3) is 0.455. The predicted octanol–water partition coefficient (Wildman–Crippen LogP) is 1.54. The van der Waals surface area contributed by atoms with E-state index in [0.29, 0.717) is 5.33 Å². The summed E-state index contributed by atoms with van der Waals surface area (Å²) in [4.78, 5) is 1.98. The van der Waals surface area contributed by atoms with E-state index in [9.17, 15) is 10.2 Å². The van der Waals surface area contributed by atoms with Crippen LogP contribution in [0.3, 0.4) is 0 Å². The minimum Gasteiger partial charge on any atom is -0.389 e. The second kappa shape index (κ2) is 5.49. The van der Waals surface area contributed by atoms with Gasteiger partial charge in [0.25, 0.3) is 0 Å². The maximum absolute atomic E-state index is 9.72. The summed E-state index contributed by atoms with van der Waals surface area (Å²) in [5, 5.41) is 19.5. The number of benzene rings is 1. The van der Waals surface area contributed by atoms with Gasteiger partial charge in [0.2, 0.25) is 0 Å². The fourth-order valence-corrected chi connectivity index (χ4v) is 1.63. The van der Waals surface area contributed by atoms with Crippen molar-refractivity contribution < 1.29 is 10.2 Å². The van der Waals surface area contributed by atoms with Crippen molar-refractivity contribution in [1.82, 2.24) is 0 Å². The van der Waals surface area contributed by atoms with Gasteiger partial charge in [0.15, 0.2) is 0 Å². The number of aliphatic hydroxyl groups is 2. The van der Waals surface area contributed by atoms with E-state index in [0.717, 1.165) is 11.3 Å². The van der Waals surface area contributed by atoms with Gasteiger partial charge in [-0.2, -0.15) is 0 Å². The van der Waals surface area contributed by atoms with E-state index in [1.165, 1.54) is 0 Å². The monoisotopic (exact) mass is 273 g/mol. The van der Waals surface area contributed by atoms with E-state index in [-0.39, 0.29) is 0 Å². The van der Waals surface area contributed by atoms with Crippen LogP contribution < -0.4 is 4.90 Å². The summed E-state index contributed by atoms with van der Waals surface area (Å²) in [5.74, 6) is 0. The van der Waals surface area contributed by atoms with Crippen molar-refractivity contribution in [1.29, 1.82) is 0 Å². The number of hydrogen-bond donors (Lipinski definition) is 2. The molecule has 0 fully saturated rings. The molecule has 0 bridgehead atoms. The molecule has 1 rings (SSSR count). The summed E-state index contributed by atoms with van der Waals surface area (Å²) >= 11 is 3.13. The van der Waals surface area contributed by atoms with E-state index in [1.54, 1.807) is 0 Å². The summed E-state index contributed by atoms with van der Waals surface area (Å²) in [6, 6.07) is 7.48. The molecule has 0 radical (unpaired) electrons. The van der Waals surface area contributed by atoms with Crippen LogP contribution in [-0.4, -0.2) is 35.7 Å². The number of rotatable bonds is 4. The lowest BCUT2D eigenvalue weighted by Crippen LogP contribution is -2.19. The minimum absolute atomic E-state index is 0.365.